The maximum absolute atomic E-state index is 16.0. The van der Waals surface area contributed by atoms with Gasteiger partial charge in [-0.25, -0.2) is 19.2 Å². The van der Waals surface area contributed by atoms with Crippen molar-refractivity contribution < 1.29 is 18.7 Å². The molecule has 234 valence electrons. The zero-order valence-corrected chi connectivity index (χ0v) is 26.5. The molecule has 1 amide bonds. The Bertz CT molecular complexity index is 1560. The fourth-order valence-corrected chi connectivity index (χ4v) is 5.44. The van der Waals surface area contributed by atoms with Crippen molar-refractivity contribution in [3.05, 3.63) is 83.1 Å². The number of aromatic nitrogens is 2. The Hall–Kier alpha value is -3.82. The standard InChI is InChI=1S/C34H41ClFN5O3/c1-21-7-6-8-26(17-21)40-33(42)32(38-19-25-9-10-25)28(29(36)13-15-37-24(4)35)18-22(2)14-16-41-20-39-31-23(3)27(34(43)44-5)11-12-30(31)41/h6-8,11-13,15,17,20,22,25,28,32,38H,4,9-10,14,16,18-19H2,1-3,5H3,(H,40,42)/b29-13-,37-15?/t22-,28?,32?/m0/s1. The number of rotatable bonds is 15. The number of benzene rings is 2. The number of imidazole rings is 1. The molecule has 1 saturated carbocycles. The average Bonchev–Trinajstić information content (AvgIpc) is 3.72. The largest absolute Gasteiger partial charge is 0.465 e. The van der Waals surface area contributed by atoms with Crippen molar-refractivity contribution >= 4 is 46.4 Å². The molecule has 2 aromatic carbocycles. The second kappa shape index (κ2) is 15.3. The number of methoxy groups -OCH3 is 1. The van der Waals surface area contributed by atoms with E-state index in [1.165, 1.54) is 19.4 Å². The maximum atomic E-state index is 16.0. The zero-order chi connectivity index (χ0) is 31.8. The Morgan fingerprint density at radius 3 is 2.73 bits per heavy atom. The Kier molecular flexibility index (Phi) is 11.5. The quantitative estimate of drug-likeness (QED) is 0.107. The summed E-state index contributed by atoms with van der Waals surface area (Å²) < 4.78 is 22.9. The summed E-state index contributed by atoms with van der Waals surface area (Å²) in [5.41, 5.74) is 4.58. The lowest BCUT2D eigenvalue weighted by Gasteiger charge is -2.29. The van der Waals surface area contributed by atoms with Crippen LogP contribution in [0.1, 0.15) is 54.1 Å². The lowest BCUT2D eigenvalue weighted by Crippen LogP contribution is -2.47. The predicted molar refractivity (Wildman–Crippen MR) is 175 cm³/mol. The molecule has 3 atom stereocenters. The molecule has 0 bridgehead atoms. The molecule has 1 heterocycles. The van der Waals surface area contributed by atoms with Gasteiger partial charge in [0.05, 0.1) is 36.1 Å². The van der Waals surface area contributed by atoms with Crippen molar-refractivity contribution in [2.45, 2.75) is 59.0 Å². The number of hydrogen-bond donors (Lipinski definition) is 2. The predicted octanol–water partition coefficient (Wildman–Crippen LogP) is 7.11. The highest BCUT2D eigenvalue weighted by Crippen LogP contribution is 2.31. The van der Waals surface area contributed by atoms with Gasteiger partial charge in [0.25, 0.3) is 0 Å². The van der Waals surface area contributed by atoms with Crippen LogP contribution in [-0.2, 0) is 16.1 Å². The van der Waals surface area contributed by atoms with Crippen LogP contribution in [-0.4, -0.2) is 47.3 Å². The van der Waals surface area contributed by atoms with Crippen molar-refractivity contribution in [1.29, 1.82) is 0 Å². The molecule has 1 fully saturated rings. The van der Waals surface area contributed by atoms with Crippen LogP contribution in [0.4, 0.5) is 10.1 Å². The third-order valence-electron chi connectivity index (χ3n) is 8.07. The maximum Gasteiger partial charge on any atom is 0.338 e. The van der Waals surface area contributed by atoms with Gasteiger partial charge in [0.2, 0.25) is 5.91 Å². The summed E-state index contributed by atoms with van der Waals surface area (Å²) in [6.45, 7) is 10.7. The van der Waals surface area contributed by atoms with Crippen LogP contribution in [0.3, 0.4) is 0 Å². The van der Waals surface area contributed by atoms with Crippen LogP contribution in [0.15, 0.2) is 71.4 Å². The van der Waals surface area contributed by atoms with Crippen LogP contribution >= 0.6 is 11.6 Å². The molecule has 4 rings (SSSR count). The van der Waals surface area contributed by atoms with Gasteiger partial charge in [0.1, 0.15) is 11.0 Å². The second-order valence-corrected chi connectivity index (χ2v) is 12.1. The normalized spacial score (nSPS) is 15.7. The summed E-state index contributed by atoms with van der Waals surface area (Å²) >= 11 is 5.75. The fraction of sp³-hybridized carbons (Fsp3) is 0.412. The smallest absolute Gasteiger partial charge is 0.338 e. The van der Waals surface area contributed by atoms with Crippen LogP contribution < -0.4 is 10.6 Å². The lowest BCUT2D eigenvalue weighted by atomic mass is 9.86. The van der Waals surface area contributed by atoms with E-state index < -0.39 is 23.8 Å². The van der Waals surface area contributed by atoms with E-state index in [2.05, 4.69) is 34.1 Å². The summed E-state index contributed by atoms with van der Waals surface area (Å²) in [6, 6.07) is 10.4. The number of nitrogens with one attached hydrogen (secondary N) is 2. The van der Waals surface area contributed by atoms with Crippen LogP contribution in [0.25, 0.3) is 11.0 Å². The molecule has 8 nitrogen and oxygen atoms in total. The number of amides is 1. The molecule has 2 N–H and O–H groups in total. The molecule has 1 aliphatic carbocycles. The number of ether oxygens (including phenoxy) is 1. The summed E-state index contributed by atoms with van der Waals surface area (Å²) in [7, 11) is 1.36. The number of halogens is 2. The molecule has 10 heteroatoms. The van der Waals surface area contributed by atoms with Crippen molar-refractivity contribution in [3.63, 3.8) is 0 Å². The Labute approximate surface area is 263 Å². The fourth-order valence-electron chi connectivity index (χ4n) is 5.39. The summed E-state index contributed by atoms with van der Waals surface area (Å²) in [6.07, 6.45) is 7.64. The molecule has 0 radical (unpaired) electrons. The van der Waals surface area contributed by atoms with Crippen LogP contribution in [0.5, 0.6) is 0 Å². The van der Waals surface area contributed by atoms with Crippen LogP contribution in [0, 0.1) is 31.6 Å². The molecule has 1 aromatic heterocycles. The first kappa shape index (κ1) is 33.1. The zero-order valence-electron chi connectivity index (χ0n) is 25.8. The minimum Gasteiger partial charge on any atom is -0.465 e. The number of anilines is 1. The molecule has 0 spiro atoms. The monoisotopic (exact) mass is 621 g/mol. The molecular weight excluding hydrogens is 581 g/mol. The van der Waals surface area contributed by atoms with Gasteiger partial charge in [-0.3, -0.25) is 4.79 Å². The topological polar surface area (TPSA) is 97.6 Å². The van der Waals surface area contributed by atoms with Gasteiger partial charge in [0, 0.05) is 24.4 Å². The minimum atomic E-state index is -0.795. The number of carbonyl (C=O) groups is 2. The Morgan fingerprint density at radius 1 is 1.27 bits per heavy atom. The molecule has 0 saturated heterocycles. The first-order chi connectivity index (χ1) is 21.1. The molecule has 0 aliphatic heterocycles. The van der Waals surface area contributed by atoms with Gasteiger partial charge in [-0.1, -0.05) is 37.2 Å². The number of carbonyl (C=O) groups excluding carboxylic acids is 2. The highest BCUT2D eigenvalue weighted by Gasteiger charge is 2.34. The van der Waals surface area contributed by atoms with Crippen molar-refractivity contribution in [3.8, 4) is 0 Å². The van der Waals surface area contributed by atoms with Gasteiger partial charge in [-0.15, -0.1) is 0 Å². The van der Waals surface area contributed by atoms with E-state index in [4.69, 9.17) is 16.3 Å². The summed E-state index contributed by atoms with van der Waals surface area (Å²) in [5.74, 6) is -1.34. The van der Waals surface area contributed by atoms with Crippen molar-refractivity contribution in [1.82, 2.24) is 14.9 Å². The van der Waals surface area contributed by atoms with E-state index in [0.29, 0.717) is 43.1 Å². The number of nitrogens with zero attached hydrogens (tertiary/aromatic N) is 3. The first-order valence-corrected chi connectivity index (χ1v) is 15.3. The van der Waals surface area contributed by atoms with E-state index >= 15 is 4.39 Å². The van der Waals surface area contributed by atoms with E-state index in [0.717, 1.165) is 35.0 Å². The highest BCUT2D eigenvalue weighted by atomic mass is 35.5. The molecule has 2 unspecified atom stereocenters. The number of esters is 1. The third-order valence-corrected chi connectivity index (χ3v) is 8.16. The van der Waals surface area contributed by atoms with E-state index in [1.54, 1.807) is 12.4 Å². The van der Waals surface area contributed by atoms with Gasteiger partial charge < -0.3 is 19.9 Å². The second-order valence-electron chi connectivity index (χ2n) is 11.7. The van der Waals surface area contributed by atoms with E-state index in [9.17, 15) is 9.59 Å². The number of hydrogen-bond acceptors (Lipinski definition) is 6. The molecule has 1 aliphatic rings. The molecule has 3 aromatic rings. The van der Waals surface area contributed by atoms with Gasteiger partial charge >= 0.3 is 5.97 Å². The minimum absolute atomic E-state index is 0.0427. The number of aliphatic imine (C=N–C) groups is 1. The van der Waals surface area contributed by atoms with Gasteiger partial charge in [-0.05, 0) is 99.4 Å². The van der Waals surface area contributed by atoms with Crippen LogP contribution in [0.2, 0.25) is 0 Å². The lowest BCUT2D eigenvalue weighted by molar-refractivity contribution is -0.119. The Morgan fingerprint density at radius 2 is 2.05 bits per heavy atom. The third kappa shape index (κ3) is 8.86. The number of allylic oxidation sites excluding steroid dienone is 1. The average molecular weight is 622 g/mol. The Balaban J connectivity index is 1.55. The summed E-state index contributed by atoms with van der Waals surface area (Å²) in [4.78, 5) is 34.3. The number of aryl methyl sites for hydroxylation is 3. The van der Waals surface area contributed by atoms with Crippen molar-refractivity contribution in [2.75, 3.05) is 19.0 Å². The van der Waals surface area contributed by atoms with Gasteiger partial charge in [-0.2, -0.15) is 0 Å². The van der Waals surface area contributed by atoms with Crippen molar-refractivity contribution in [2.24, 2.45) is 22.7 Å². The van der Waals surface area contributed by atoms with E-state index in [1.807, 2.05) is 48.7 Å². The van der Waals surface area contributed by atoms with E-state index in [-0.39, 0.29) is 17.0 Å². The number of fused-ring (bicyclic) bond motifs is 1. The molecular formula is C34H41ClFN5O3. The molecule has 44 heavy (non-hydrogen) atoms. The highest BCUT2D eigenvalue weighted by molar-refractivity contribution is 6.29. The summed E-state index contributed by atoms with van der Waals surface area (Å²) in [5, 5.41) is 6.43. The first-order valence-electron chi connectivity index (χ1n) is 14.9. The SMILES string of the molecule is C=C(Cl)N=C/C=C(\F)C(C[C@@H](C)CCn1cnc2c(C)c(C(=O)OC)ccc21)C(NCC1CC1)C(=O)Nc1cccc(C)c1. The van der Waals surface area contributed by atoms with Gasteiger partial charge in [0.15, 0.2) is 0 Å².